The van der Waals surface area contributed by atoms with Crippen molar-refractivity contribution >= 4 is 0 Å². The third-order valence-corrected chi connectivity index (χ3v) is 2.64. The normalized spacial score (nSPS) is 12.4. The molecule has 1 aromatic carbocycles. The van der Waals surface area contributed by atoms with Crippen LogP contribution in [0.1, 0.15) is 45.2 Å². The Kier molecular flexibility index (Phi) is 5.94. The van der Waals surface area contributed by atoms with E-state index < -0.39 is 0 Å². The molecule has 0 saturated heterocycles. The van der Waals surface area contributed by atoms with E-state index in [9.17, 15) is 0 Å². The monoisotopic (exact) mass is 221 g/mol. The minimum absolute atomic E-state index is 0.468. The Morgan fingerprint density at radius 1 is 1.12 bits per heavy atom. The maximum Gasteiger partial charge on any atom is 0.119 e. The van der Waals surface area contributed by atoms with Crippen molar-refractivity contribution in [2.75, 3.05) is 13.2 Å². The van der Waals surface area contributed by atoms with Gasteiger partial charge in [0.05, 0.1) is 6.61 Å². The molecule has 0 aliphatic rings. The number of rotatable bonds is 7. The van der Waals surface area contributed by atoms with Gasteiger partial charge in [-0.05, 0) is 44.0 Å². The van der Waals surface area contributed by atoms with E-state index in [1.165, 1.54) is 12.0 Å². The molecule has 16 heavy (non-hydrogen) atoms. The van der Waals surface area contributed by atoms with Gasteiger partial charge in [-0.2, -0.15) is 0 Å². The van der Waals surface area contributed by atoms with Gasteiger partial charge in [-0.1, -0.05) is 26.0 Å². The van der Waals surface area contributed by atoms with Gasteiger partial charge >= 0.3 is 0 Å². The highest BCUT2D eigenvalue weighted by Crippen LogP contribution is 2.20. The smallest absolute Gasteiger partial charge is 0.119 e. The number of benzene rings is 1. The Labute approximate surface area is 99.0 Å². The van der Waals surface area contributed by atoms with Crippen molar-refractivity contribution in [3.8, 4) is 5.75 Å². The molecule has 0 amide bonds. The first-order chi connectivity index (χ1) is 7.81. The van der Waals surface area contributed by atoms with Gasteiger partial charge in [-0.25, -0.2) is 0 Å². The molecule has 0 aromatic heterocycles. The Morgan fingerprint density at radius 3 is 2.31 bits per heavy atom. The first kappa shape index (κ1) is 13.0. The fraction of sp³-hybridized carbons (Fsp3) is 0.571. The van der Waals surface area contributed by atoms with Gasteiger partial charge < -0.3 is 10.1 Å². The molecule has 1 aromatic rings. The van der Waals surface area contributed by atoms with E-state index in [1.807, 2.05) is 6.92 Å². The van der Waals surface area contributed by atoms with E-state index >= 15 is 0 Å². The fourth-order valence-electron chi connectivity index (χ4n) is 1.78. The van der Waals surface area contributed by atoms with Gasteiger partial charge in [0.25, 0.3) is 0 Å². The quantitative estimate of drug-likeness (QED) is 0.760. The minimum Gasteiger partial charge on any atom is -0.494 e. The second kappa shape index (κ2) is 7.29. The third kappa shape index (κ3) is 3.86. The summed E-state index contributed by atoms with van der Waals surface area (Å²) in [6.45, 7) is 8.21. The first-order valence-electron chi connectivity index (χ1n) is 6.27. The maximum atomic E-state index is 5.43. The zero-order valence-corrected chi connectivity index (χ0v) is 10.6. The molecule has 0 aliphatic carbocycles. The van der Waals surface area contributed by atoms with Crippen molar-refractivity contribution in [2.24, 2.45) is 0 Å². The van der Waals surface area contributed by atoms with Crippen molar-refractivity contribution in [1.82, 2.24) is 5.32 Å². The number of ether oxygens (including phenoxy) is 1. The van der Waals surface area contributed by atoms with Crippen LogP contribution in [0.25, 0.3) is 0 Å². The Balaban J connectivity index is 2.62. The topological polar surface area (TPSA) is 21.3 Å². The summed E-state index contributed by atoms with van der Waals surface area (Å²) in [6.07, 6.45) is 2.29. The molecule has 1 unspecified atom stereocenters. The first-order valence-corrected chi connectivity index (χ1v) is 6.27. The molecule has 90 valence electrons. The van der Waals surface area contributed by atoms with Crippen molar-refractivity contribution < 1.29 is 4.74 Å². The molecular formula is C14H23NO. The van der Waals surface area contributed by atoms with Crippen molar-refractivity contribution in [2.45, 2.75) is 39.7 Å². The summed E-state index contributed by atoms with van der Waals surface area (Å²) in [7, 11) is 0. The summed E-state index contributed by atoms with van der Waals surface area (Å²) in [6, 6.07) is 8.88. The fourth-order valence-corrected chi connectivity index (χ4v) is 1.78. The van der Waals surface area contributed by atoms with Crippen LogP contribution in [0.3, 0.4) is 0 Å². The van der Waals surface area contributed by atoms with Gasteiger partial charge in [0.1, 0.15) is 5.75 Å². The predicted molar refractivity (Wildman–Crippen MR) is 68.9 cm³/mol. The Bertz CT molecular complexity index is 281. The van der Waals surface area contributed by atoms with Crippen molar-refractivity contribution in [1.29, 1.82) is 0 Å². The molecule has 0 bridgehead atoms. The number of nitrogens with one attached hydrogen (secondary N) is 1. The van der Waals surface area contributed by atoms with E-state index in [-0.39, 0.29) is 0 Å². The summed E-state index contributed by atoms with van der Waals surface area (Å²) in [4.78, 5) is 0. The highest BCUT2D eigenvalue weighted by Gasteiger charge is 2.07. The highest BCUT2D eigenvalue weighted by atomic mass is 16.5. The lowest BCUT2D eigenvalue weighted by molar-refractivity contribution is 0.340. The standard InChI is InChI=1S/C14H23NO/c1-4-11-15-14(5-2)12-7-9-13(10-8-12)16-6-3/h7-10,14-15H,4-6,11H2,1-3H3. The second-order valence-corrected chi connectivity index (χ2v) is 3.92. The van der Waals surface area contributed by atoms with Gasteiger partial charge in [0, 0.05) is 6.04 Å². The van der Waals surface area contributed by atoms with Crippen LogP contribution < -0.4 is 10.1 Å². The van der Waals surface area contributed by atoms with Crippen LogP contribution in [0, 0.1) is 0 Å². The van der Waals surface area contributed by atoms with E-state index in [4.69, 9.17) is 4.74 Å². The summed E-state index contributed by atoms with van der Waals surface area (Å²) in [5.41, 5.74) is 1.35. The van der Waals surface area contributed by atoms with Crippen LogP contribution in [0.5, 0.6) is 5.75 Å². The van der Waals surface area contributed by atoms with E-state index in [1.54, 1.807) is 0 Å². The molecule has 0 radical (unpaired) electrons. The van der Waals surface area contributed by atoms with Crippen molar-refractivity contribution in [3.63, 3.8) is 0 Å². The van der Waals surface area contributed by atoms with E-state index in [0.29, 0.717) is 6.04 Å². The lowest BCUT2D eigenvalue weighted by atomic mass is 10.0. The zero-order valence-electron chi connectivity index (χ0n) is 10.6. The van der Waals surface area contributed by atoms with E-state index in [2.05, 4.69) is 43.4 Å². The van der Waals surface area contributed by atoms with Gasteiger partial charge in [0.2, 0.25) is 0 Å². The SMILES string of the molecule is CCCNC(CC)c1ccc(OCC)cc1. The largest absolute Gasteiger partial charge is 0.494 e. The Morgan fingerprint density at radius 2 is 1.81 bits per heavy atom. The van der Waals surface area contributed by atoms with Crippen LogP contribution >= 0.6 is 0 Å². The molecule has 0 aliphatic heterocycles. The number of hydrogen-bond acceptors (Lipinski definition) is 2. The lowest BCUT2D eigenvalue weighted by Crippen LogP contribution is -2.21. The van der Waals surface area contributed by atoms with Gasteiger partial charge in [-0.15, -0.1) is 0 Å². The molecule has 1 atom stereocenters. The average molecular weight is 221 g/mol. The molecule has 0 saturated carbocycles. The van der Waals surface area contributed by atoms with Crippen LogP contribution in [0.4, 0.5) is 0 Å². The summed E-state index contributed by atoms with van der Waals surface area (Å²) in [5.74, 6) is 0.955. The average Bonchev–Trinajstić information content (AvgIpc) is 2.32. The summed E-state index contributed by atoms with van der Waals surface area (Å²) >= 11 is 0. The predicted octanol–water partition coefficient (Wildman–Crippen LogP) is 3.54. The molecule has 0 spiro atoms. The maximum absolute atomic E-state index is 5.43. The minimum atomic E-state index is 0.468. The molecule has 2 heteroatoms. The third-order valence-electron chi connectivity index (χ3n) is 2.64. The highest BCUT2D eigenvalue weighted by molar-refractivity contribution is 5.29. The van der Waals surface area contributed by atoms with Gasteiger partial charge in [-0.3, -0.25) is 0 Å². The van der Waals surface area contributed by atoms with E-state index in [0.717, 1.165) is 25.3 Å². The zero-order chi connectivity index (χ0) is 11.8. The summed E-state index contributed by atoms with van der Waals surface area (Å²) in [5, 5.41) is 3.55. The summed E-state index contributed by atoms with van der Waals surface area (Å²) < 4.78 is 5.43. The molecule has 1 N–H and O–H groups in total. The Hall–Kier alpha value is -1.02. The van der Waals surface area contributed by atoms with Crippen LogP contribution in [0.15, 0.2) is 24.3 Å². The molecule has 0 fully saturated rings. The number of hydrogen-bond donors (Lipinski definition) is 1. The van der Waals surface area contributed by atoms with Gasteiger partial charge in [0.15, 0.2) is 0 Å². The second-order valence-electron chi connectivity index (χ2n) is 3.92. The van der Waals surface area contributed by atoms with Crippen LogP contribution in [-0.4, -0.2) is 13.2 Å². The van der Waals surface area contributed by atoms with Crippen LogP contribution in [-0.2, 0) is 0 Å². The van der Waals surface area contributed by atoms with Crippen molar-refractivity contribution in [3.05, 3.63) is 29.8 Å². The molecule has 1 rings (SSSR count). The van der Waals surface area contributed by atoms with Crippen LogP contribution in [0.2, 0.25) is 0 Å². The molecule has 2 nitrogen and oxygen atoms in total. The molecule has 0 heterocycles. The lowest BCUT2D eigenvalue weighted by Gasteiger charge is -2.17. The molecular weight excluding hydrogens is 198 g/mol.